The summed E-state index contributed by atoms with van der Waals surface area (Å²) in [4.78, 5) is 13.0. The Hall–Kier alpha value is -3.04. The highest BCUT2D eigenvalue weighted by molar-refractivity contribution is 7.89. The van der Waals surface area contributed by atoms with Crippen molar-refractivity contribution >= 4 is 21.9 Å². The van der Waals surface area contributed by atoms with Crippen molar-refractivity contribution in [1.82, 2.24) is 14.5 Å². The fraction of sp³-hybridized carbons (Fsp3) is 0.318. The zero-order valence-electron chi connectivity index (χ0n) is 17.2. The average Bonchev–Trinajstić information content (AvgIpc) is 3.22. The highest BCUT2D eigenvalue weighted by Crippen LogP contribution is 2.24. The van der Waals surface area contributed by atoms with Crippen molar-refractivity contribution in [2.45, 2.75) is 31.1 Å². The molecule has 0 bridgehead atoms. The highest BCUT2D eigenvalue weighted by atomic mass is 32.2. The minimum absolute atomic E-state index is 0.0233. The van der Waals surface area contributed by atoms with Gasteiger partial charge in [-0.25, -0.2) is 8.42 Å². The Morgan fingerprint density at radius 3 is 2.61 bits per heavy atom. The lowest BCUT2D eigenvalue weighted by Gasteiger charge is -2.30. The molecule has 0 saturated carbocycles. The van der Waals surface area contributed by atoms with Crippen LogP contribution in [0.2, 0.25) is 0 Å². The number of aromatic nitrogens is 2. The molecule has 1 aliphatic rings. The lowest BCUT2D eigenvalue weighted by Crippen LogP contribution is -2.43. The number of nitrogens with zero attached hydrogens (tertiary/aromatic N) is 3. The third-order valence-electron chi connectivity index (χ3n) is 5.31. The van der Waals surface area contributed by atoms with Crippen LogP contribution in [0.3, 0.4) is 0 Å². The second kappa shape index (κ2) is 8.99. The van der Waals surface area contributed by atoms with E-state index < -0.39 is 15.9 Å². The Bertz CT molecular complexity index is 1140. The van der Waals surface area contributed by atoms with Crippen LogP contribution in [0.25, 0.3) is 0 Å². The molecule has 2 heterocycles. The van der Waals surface area contributed by atoms with Crippen LogP contribution < -0.4 is 5.32 Å². The summed E-state index contributed by atoms with van der Waals surface area (Å²) in [6.45, 7) is 2.53. The van der Waals surface area contributed by atoms with Gasteiger partial charge in [0.15, 0.2) is 0 Å². The molecule has 4 rings (SSSR count). The summed E-state index contributed by atoms with van der Waals surface area (Å²) in [6.07, 6.45) is 1.67. The van der Waals surface area contributed by atoms with Crippen LogP contribution in [-0.2, 0) is 21.2 Å². The molecule has 0 aliphatic carbocycles. The second-order valence-corrected chi connectivity index (χ2v) is 9.61. The van der Waals surface area contributed by atoms with Crippen molar-refractivity contribution in [1.29, 1.82) is 0 Å². The first-order chi connectivity index (χ1) is 14.9. The summed E-state index contributed by atoms with van der Waals surface area (Å²) < 4.78 is 32.7. The van der Waals surface area contributed by atoms with E-state index in [-0.39, 0.29) is 23.4 Å². The minimum atomic E-state index is -3.63. The molecule has 3 aromatic rings. The Morgan fingerprint density at radius 1 is 1.13 bits per heavy atom. The van der Waals surface area contributed by atoms with Gasteiger partial charge in [-0.2, -0.15) is 4.31 Å². The Morgan fingerprint density at radius 2 is 1.87 bits per heavy atom. The SMILES string of the molecule is Cc1ccc(Cc2nnc(NC(=O)C3CCCN(S(=O)(=O)c4ccccc4)C3)o2)cc1. The summed E-state index contributed by atoms with van der Waals surface area (Å²) in [5.74, 6) is -0.408. The number of nitrogens with one attached hydrogen (secondary N) is 1. The normalized spacial score (nSPS) is 17.4. The Balaban J connectivity index is 1.38. The van der Waals surface area contributed by atoms with Crippen LogP contribution >= 0.6 is 0 Å². The first-order valence-electron chi connectivity index (χ1n) is 10.2. The molecular weight excluding hydrogens is 416 g/mol. The topological polar surface area (TPSA) is 105 Å². The van der Waals surface area contributed by atoms with Crippen LogP contribution in [0.15, 0.2) is 63.9 Å². The van der Waals surface area contributed by atoms with E-state index in [1.165, 1.54) is 4.31 Å². The summed E-state index contributed by atoms with van der Waals surface area (Å²) in [5, 5.41) is 10.5. The molecule has 1 fully saturated rings. The predicted octanol–water partition coefficient (Wildman–Crippen LogP) is 3.01. The number of benzene rings is 2. The van der Waals surface area contributed by atoms with E-state index in [0.717, 1.165) is 11.1 Å². The largest absolute Gasteiger partial charge is 0.407 e. The van der Waals surface area contributed by atoms with E-state index in [1.807, 2.05) is 31.2 Å². The quantitative estimate of drug-likeness (QED) is 0.632. The van der Waals surface area contributed by atoms with Crippen LogP contribution in [-0.4, -0.2) is 41.9 Å². The number of hydrogen-bond donors (Lipinski definition) is 1. The lowest BCUT2D eigenvalue weighted by molar-refractivity contribution is -0.121. The van der Waals surface area contributed by atoms with Gasteiger partial charge in [-0.1, -0.05) is 53.1 Å². The fourth-order valence-electron chi connectivity index (χ4n) is 3.58. The molecule has 1 N–H and O–H groups in total. The maximum absolute atomic E-state index is 12.9. The number of amides is 1. The summed E-state index contributed by atoms with van der Waals surface area (Å²) in [6, 6.07) is 16.3. The number of aryl methyl sites for hydroxylation is 1. The van der Waals surface area contributed by atoms with E-state index in [0.29, 0.717) is 31.7 Å². The Labute approximate surface area is 181 Å². The van der Waals surface area contributed by atoms with Crippen molar-refractivity contribution in [3.8, 4) is 0 Å². The van der Waals surface area contributed by atoms with Crippen LogP contribution in [0.1, 0.15) is 29.9 Å². The van der Waals surface area contributed by atoms with Gasteiger partial charge in [-0.15, -0.1) is 5.10 Å². The molecule has 1 aromatic heterocycles. The highest BCUT2D eigenvalue weighted by Gasteiger charge is 2.33. The van der Waals surface area contributed by atoms with Crippen molar-refractivity contribution in [2.75, 3.05) is 18.4 Å². The third-order valence-corrected chi connectivity index (χ3v) is 7.19. The minimum Gasteiger partial charge on any atom is -0.407 e. The van der Waals surface area contributed by atoms with Crippen LogP contribution in [0.5, 0.6) is 0 Å². The van der Waals surface area contributed by atoms with Crippen molar-refractivity contribution in [2.24, 2.45) is 5.92 Å². The standard InChI is InChI=1S/C22H24N4O4S/c1-16-9-11-17(12-10-16)14-20-24-25-22(30-20)23-21(27)18-6-5-13-26(15-18)31(28,29)19-7-3-2-4-8-19/h2-4,7-12,18H,5-6,13-15H2,1H3,(H,23,25,27). The summed E-state index contributed by atoms with van der Waals surface area (Å²) in [5.41, 5.74) is 2.19. The van der Waals surface area contributed by atoms with Gasteiger partial charge in [-0.05, 0) is 37.5 Å². The molecule has 31 heavy (non-hydrogen) atoms. The summed E-state index contributed by atoms with van der Waals surface area (Å²) in [7, 11) is -3.63. The smallest absolute Gasteiger partial charge is 0.322 e. The maximum atomic E-state index is 12.9. The zero-order chi connectivity index (χ0) is 21.8. The molecule has 1 amide bonds. The van der Waals surface area contributed by atoms with E-state index >= 15 is 0 Å². The molecule has 1 unspecified atom stereocenters. The number of rotatable bonds is 6. The molecule has 2 aromatic carbocycles. The zero-order valence-corrected chi connectivity index (χ0v) is 18.0. The second-order valence-electron chi connectivity index (χ2n) is 7.67. The van der Waals surface area contributed by atoms with Gasteiger partial charge in [0.05, 0.1) is 17.2 Å². The summed E-state index contributed by atoms with van der Waals surface area (Å²) >= 11 is 0. The van der Waals surface area contributed by atoms with Gasteiger partial charge in [0, 0.05) is 13.1 Å². The molecule has 1 aliphatic heterocycles. The molecule has 0 radical (unpaired) electrons. The van der Waals surface area contributed by atoms with Gasteiger partial charge in [-0.3, -0.25) is 10.1 Å². The molecular formula is C22H24N4O4S. The number of sulfonamides is 1. The lowest BCUT2D eigenvalue weighted by atomic mass is 9.99. The predicted molar refractivity (Wildman–Crippen MR) is 115 cm³/mol. The average molecular weight is 441 g/mol. The van der Waals surface area contributed by atoms with Crippen molar-refractivity contribution in [3.63, 3.8) is 0 Å². The molecule has 1 saturated heterocycles. The fourth-order valence-corrected chi connectivity index (χ4v) is 5.12. The molecule has 162 valence electrons. The number of carbonyl (C=O) groups excluding carboxylic acids is 1. The number of hydrogen-bond acceptors (Lipinski definition) is 6. The van der Waals surface area contributed by atoms with Crippen LogP contribution in [0.4, 0.5) is 6.01 Å². The van der Waals surface area contributed by atoms with E-state index in [1.54, 1.807) is 30.3 Å². The van der Waals surface area contributed by atoms with Gasteiger partial charge in [0.25, 0.3) is 0 Å². The maximum Gasteiger partial charge on any atom is 0.322 e. The van der Waals surface area contributed by atoms with Crippen molar-refractivity contribution in [3.05, 3.63) is 71.6 Å². The number of anilines is 1. The van der Waals surface area contributed by atoms with Crippen LogP contribution in [0, 0.1) is 12.8 Å². The number of carbonyl (C=O) groups is 1. The van der Waals surface area contributed by atoms with Gasteiger partial charge < -0.3 is 4.42 Å². The van der Waals surface area contributed by atoms with E-state index in [9.17, 15) is 13.2 Å². The van der Waals surface area contributed by atoms with Gasteiger partial charge >= 0.3 is 6.01 Å². The molecule has 9 heteroatoms. The van der Waals surface area contributed by atoms with E-state index in [2.05, 4.69) is 15.5 Å². The van der Waals surface area contributed by atoms with Crippen molar-refractivity contribution < 1.29 is 17.6 Å². The Kier molecular flexibility index (Phi) is 6.15. The monoisotopic (exact) mass is 440 g/mol. The first kappa shape index (κ1) is 21.2. The van der Waals surface area contributed by atoms with Gasteiger partial charge in [0.1, 0.15) is 0 Å². The first-order valence-corrected chi connectivity index (χ1v) is 11.6. The molecule has 0 spiro atoms. The van der Waals surface area contributed by atoms with E-state index in [4.69, 9.17) is 4.42 Å². The van der Waals surface area contributed by atoms with Gasteiger partial charge in [0.2, 0.25) is 21.8 Å². The molecule has 8 nitrogen and oxygen atoms in total. The molecule has 1 atom stereocenters. The third kappa shape index (κ3) is 5.00. The number of piperidine rings is 1.